The number of piperidine rings is 1. The Morgan fingerprint density at radius 3 is 2.78 bits per heavy atom. The summed E-state index contributed by atoms with van der Waals surface area (Å²) < 4.78 is 38.9. The van der Waals surface area contributed by atoms with Gasteiger partial charge in [-0.25, -0.2) is 4.79 Å². The highest BCUT2D eigenvalue weighted by atomic mass is 19.4. The second-order valence-electron chi connectivity index (χ2n) is 5.95. The number of amides is 2. The van der Waals surface area contributed by atoms with Crippen LogP contribution in [0.5, 0.6) is 0 Å². The minimum atomic E-state index is -4.41. The smallest absolute Gasteiger partial charge is 0.391 e. The lowest BCUT2D eigenvalue weighted by atomic mass is 10.0. The normalized spacial score (nSPS) is 20.2. The molecule has 2 rings (SSSR count). The summed E-state index contributed by atoms with van der Waals surface area (Å²) in [6, 6.07) is 4.59. The summed E-state index contributed by atoms with van der Waals surface area (Å²) >= 11 is 0. The zero-order valence-corrected chi connectivity index (χ0v) is 12.9. The summed E-state index contributed by atoms with van der Waals surface area (Å²) in [6.07, 6.45) is -3.46. The van der Waals surface area contributed by atoms with Crippen LogP contribution in [0, 0.1) is 0 Å². The van der Waals surface area contributed by atoms with E-state index in [1.165, 1.54) is 17.0 Å². The SMILES string of the molecule is C[C@H](Cc1ccccc1C(F)(F)F)NC(=O)N1CCC[C@H](O)C1. The standard InChI is InChI=1S/C16H21F3N2O2/c1-11(20-15(23)21-8-4-6-13(22)10-21)9-12-5-2-3-7-14(12)16(17,18)19/h2-3,5,7,11,13,22H,4,6,8-10H2,1H3,(H,20,23)/t11-,13+/m1/s1. The molecule has 0 radical (unpaired) electrons. The molecule has 1 fully saturated rings. The fraction of sp³-hybridized carbons (Fsp3) is 0.562. The predicted octanol–water partition coefficient (Wildman–Crippen LogP) is 2.80. The van der Waals surface area contributed by atoms with Gasteiger partial charge in [-0.05, 0) is 37.8 Å². The summed E-state index contributed by atoms with van der Waals surface area (Å²) in [5, 5.41) is 12.3. The van der Waals surface area contributed by atoms with Gasteiger partial charge in [0.15, 0.2) is 0 Å². The van der Waals surface area contributed by atoms with Crippen LogP contribution >= 0.6 is 0 Å². The molecule has 23 heavy (non-hydrogen) atoms. The first-order chi connectivity index (χ1) is 10.8. The van der Waals surface area contributed by atoms with Crippen molar-refractivity contribution < 1.29 is 23.1 Å². The maximum atomic E-state index is 13.0. The maximum absolute atomic E-state index is 13.0. The van der Waals surface area contributed by atoms with E-state index in [1.807, 2.05) is 0 Å². The Morgan fingerprint density at radius 2 is 2.13 bits per heavy atom. The van der Waals surface area contributed by atoms with Gasteiger partial charge in [0.2, 0.25) is 0 Å². The summed E-state index contributed by atoms with van der Waals surface area (Å²) in [6.45, 7) is 2.48. The van der Waals surface area contributed by atoms with Gasteiger partial charge in [-0.3, -0.25) is 0 Å². The van der Waals surface area contributed by atoms with E-state index in [9.17, 15) is 23.1 Å². The van der Waals surface area contributed by atoms with E-state index in [2.05, 4.69) is 5.32 Å². The number of nitrogens with zero attached hydrogens (tertiary/aromatic N) is 1. The Balaban J connectivity index is 1.97. The van der Waals surface area contributed by atoms with Crippen LogP contribution in [0.1, 0.15) is 30.9 Å². The lowest BCUT2D eigenvalue weighted by molar-refractivity contribution is -0.138. The first-order valence-corrected chi connectivity index (χ1v) is 7.66. The lowest BCUT2D eigenvalue weighted by Gasteiger charge is -2.31. The largest absolute Gasteiger partial charge is 0.416 e. The highest BCUT2D eigenvalue weighted by Gasteiger charge is 2.33. The number of β-amino-alcohol motifs (C(OH)–C–C–N with tert-alkyl or cyclic N) is 1. The number of hydrogen-bond acceptors (Lipinski definition) is 2. The fourth-order valence-electron chi connectivity index (χ4n) is 2.80. The third-order valence-corrected chi connectivity index (χ3v) is 3.90. The molecule has 2 amide bonds. The zero-order valence-electron chi connectivity index (χ0n) is 12.9. The molecule has 0 aliphatic carbocycles. The van der Waals surface area contributed by atoms with Gasteiger partial charge in [0.25, 0.3) is 0 Å². The molecule has 1 aliphatic rings. The Bertz CT molecular complexity index is 548. The van der Waals surface area contributed by atoms with Crippen molar-refractivity contribution in [3.05, 3.63) is 35.4 Å². The lowest BCUT2D eigenvalue weighted by Crippen LogP contribution is -2.49. The van der Waals surface area contributed by atoms with Gasteiger partial charge < -0.3 is 15.3 Å². The van der Waals surface area contributed by atoms with Crippen LogP contribution in [0.15, 0.2) is 24.3 Å². The van der Waals surface area contributed by atoms with Crippen molar-refractivity contribution >= 4 is 6.03 Å². The predicted molar refractivity (Wildman–Crippen MR) is 80.0 cm³/mol. The van der Waals surface area contributed by atoms with E-state index in [0.29, 0.717) is 13.0 Å². The van der Waals surface area contributed by atoms with Gasteiger partial charge in [-0.1, -0.05) is 18.2 Å². The third kappa shape index (κ3) is 4.86. The molecule has 128 valence electrons. The van der Waals surface area contributed by atoms with E-state index in [4.69, 9.17) is 0 Å². The van der Waals surface area contributed by atoms with Crippen molar-refractivity contribution in [2.75, 3.05) is 13.1 Å². The summed E-state index contributed by atoms with van der Waals surface area (Å²) in [4.78, 5) is 13.6. The number of urea groups is 1. The minimum absolute atomic E-state index is 0.0951. The molecule has 0 spiro atoms. The molecule has 1 aromatic carbocycles. The van der Waals surface area contributed by atoms with Gasteiger partial charge in [0, 0.05) is 19.1 Å². The van der Waals surface area contributed by atoms with Crippen molar-refractivity contribution in [3.63, 3.8) is 0 Å². The monoisotopic (exact) mass is 330 g/mol. The van der Waals surface area contributed by atoms with E-state index >= 15 is 0 Å². The molecule has 0 unspecified atom stereocenters. The molecule has 0 aromatic heterocycles. The van der Waals surface area contributed by atoms with Crippen molar-refractivity contribution in [3.8, 4) is 0 Å². The molecule has 1 aromatic rings. The summed E-state index contributed by atoms with van der Waals surface area (Å²) in [5.74, 6) is 0. The Kier molecular flexibility index (Phi) is 5.51. The second kappa shape index (κ2) is 7.21. The van der Waals surface area contributed by atoms with Crippen molar-refractivity contribution in [2.45, 2.75) is 44.5 Å². The first-order valence-electron chi connectivity index (χ1n) is 7.66. The van der Waals surface area contributed by atoms with Crippen molar-refractivity contribution in [1.29, 1.82) is 0 Å². The van der Waals surface area contributed by atoms with Crippen molar-refractivity contribution in [2.24, 2.45) is 0 Å². The number of aliphatic hydroxyl groups is 1. The molecule has 2 N–H and O–H groups in total. The average Bonchev–Trinajstić information content (AvgIpc) is 2.46. The van der Waals surface area contributed by atoms with Crippen LogP contribution < -0.4 is 5.32 Å². The topological polar surface area (TPSA) is 52.6 Å². The third-order valence-electron chi connectivity index (χ3n) is 3.90. The van der Waals surface area contributed by atoms with Crippen LogP contribution in [0.25, 0.3) is 0 Å². The molecule has 1 saturated heterocycles. The Labute approximate surface area is 133 Å². The van der Waals surface area contributed by atoms with Crippen LogP contribution in [0.3, 0.4) is 0 Å². The van der Waals surface area contributed by atoms with Gasteiger partial charge in [0.05, 0.1) is 11.7 Å². The highest BCUT2D eigenvalue weighted by Crippen LogP contribution is 2.32. The van der Waals surface area contributed by atoms with Crippen molar-refractivity contribution in [1.82, 2.24) is 10.2 Å². The summed E-state index contributed by atoms with van der Waals surface area (Å²) in [5.41, 5.74) is -0.513. The number of carbonyl (C=O) groups excluding carboxylic acids is 1. The zero-order chi connectivity index (χ0) is 17.0. The van der Waals surface area contributed by atoms with E-state index in [-0.39, 0.29) is 24.6 Å². The number of likely N-dealkylation sites (tertiary alicyclic amines) is 1. The Morgan fingerprint density at radius 1 is 1.43 bits per heavy atom. The molecule has 7 heteroatoms. The molecule has 0 bridgehead atoms. The number of halogens is 3. The number of benzene rings is 1. The summed E-state index contributed by atoms with van der Waals surface area (Å²) in [7, 11) is 0. The van der Waals surface area contributed by atoms with Gasteiger partial charge >= 0.3 is 12.2 Å². The number of nitrogens with one attached hydrogen (secondary N) is 1. The van der Waals surface area contributed by atoms with Crippen LogP contribution in [0.2, 0.25) is 0 Å². The first kappa shape index (κ1) is 17.6. The number of rotatable bonds is 3. The molecule has 1 aliphatic heterocycles. The molecular formula is C16H21F3N2O2. The number of carbonyl (C=O) groups is 1. The fourth-order valence-corrected chi connectivity index (χ4v) is 2.80. The van der Waals surface area contributed by atoms with Gasteiger partial charge in [-0.2, -0.15) is 13.2 Å². The number of hydrogen-bond donors (Lipinski definition) is 2. The average molecular weight is 330 g/mol. The van der Waals surface area contributed by atoms with Gasteiger partial charge in [0.1, 0.15) is 0 Å². The van der Waals surface area contributed by atoms with E-state index in [0.717, 1.165) is 12.5 Å². The highest BCUT2D eigenvalue weighted by molar-refractivity contribution is 5.74. The number of alkyl halides is 3. The minimum Gasteiger partial charge on any atom is -0.391 e. The molecule has 0 saturated carbocycles. The van der Waals surface area contributed by atoms with Crippen LogP contribution in [0.4, 0.5) is 18.0 Å². The second-order valence-corrected chi connectivity index (χ2v) is 5.95. The molecule has 4 nitrogen and oxygen atoms in total. The van der Waals surface area contributed by atoms with Gasteiger partial charge in [-0.15, -0.1) is 0 Å². The maximum Gasteiger partial charge on any atom is 0.416 e. The van der Waals surface area contributed by atoms with Crippen LogP contribution in [-0.4, -0.2) is 41.3 Å². The molecule has 1 heterocycles. The molecular weight excluding hydrogens is 309 g/mol. The molecule has 2 atom stereocenters. The van der Waals surface area contributed by atoms with E-state index in [1.54, 1.807) is 13.0 Å². The number of aliphatic hydroxyl groups excluding tert-OH is 1. The Hall–Kier alpha value is -1.76. The quantitative estimate of drug-likeness (QED) is 0.895. The van der Waals surface area contributed by atoms with E-state index < -0.39 is 23.9 Å². The van der Waals surface area contributed by atoms with Crippen LogP contribution in [-0.2, 0) is 12.6 Å².